The summed E-state index contributed by atoms with van der Waals surface area (Å²) in [4.78, 5) is 0. The van der Waals surface area contributed by atoms with Gasteiger partial charge in [-0.1, -0.05) is 77.3 Å². The lowest BCUT2D eigenvalue weighted by Gasteiger charge is -2.36. The second-order valence-corrected chi connectivity index (χ2v) is 8.36. The molecule has 0 bridgehead atoms. The quantitative estimate of drug-likeness (QED) is 0.489. The molecule has 0 spiro atoms. The second kappa shape index (κ2) is 11.2. The lowest BCUT2D eigenvalue weighted by atomic mass is 9.74. The minimum absolute atomic E-state index is 0.587. The summed E-state index contributed by atoms with van der Waals surface area (Å²) in [5, 5.41) is 11.5. The summed E-state index contributed by atoms with van der Waals surface area (Å²) in [6, 6.07) is 8.64. The normalized spacial score (nSPS) is 23.7. The fraction of sp³-hybridized carbons (Fsp3) is 0.714. The summed E-state index contributed by atoms with van der Waals surface area (Å²) in [5.41, 5.74) is 1.86. The topological polar surface area (TPSA) is 32.3 Å². The fourth-order valence-corrected chi connectivity index (χ4v) is 3.81. The van der Waals surface area contributed by atoms with Crippen molar-refractivity contribution in [2.24, 2.45) is 5.92 Å². The monoisotopic (exact) mass is 351 g/mol. The third-order valence-corrected chi connectivity index (χ3v) is 5.68. The average Bonchev–Trinajstić information content (AvgIpc) is 2.61. The summed E-state index contributed by atoms with van der Waals surface area (Å²) in [5.74, 6) is 0.809. The molecule has 2 N–H and O–H groups in total. The van der Waals surface area contributed by atoms with Crippen molar-refractivity contribution in [2.45, 2.75) is 84.0 Å². The molecule has 1 aromatic carbocycles. The van der Waals surface area contributed by atoms with E-state index < -0.39 is 5.60 Å². The van der Waals surface area contributed by atoms with E-state index in [-0.39, 0.29) is 0 Å². The van der Waals surface area contributed by atoms with Crippen LogP contribution >= 0.6 is 11.9 Å². The number of rotatable bonds is 7. The van der Waals surface area contributed by atoms with Gasteiger partial charge in [-0.2, -0.15) is 0 Å². The minimum Gasteiger partial charge on any atom is -0.385 e. The largest absolute Gasteiger partial charge is 0.385 e. The average molecular weight is 352 g/mol. The van der Waals surface area contributed by atoms with E-state index in [1.165, 1.54) is 12.0 Å². The van der Waals surface area contributed by atoms with Crippen molar-refractivity contribution in [2.75, 3.05) is 6.54 Å². The summed E-state index contributed by atoms with van der Waals surface area (Å²) in [6.45, 7) is 11.6. The van der Waals surface area contributed by atoms with Crippen LogP contribution in [0.15, 0.2) is 24.3 Å². The SMILES string of the molecule is CC.CCC1CCC(O)(c2ccc(CCNSC(C)C)cc2)CC1. The Hall–Kier alpha value is -0.510. The van der Waals surface area contributed by atoms with Gasteiger partial charge in [0.2, 0.25) is 0 Å². The van der Waals surface area contributed by atoms with E-state index in [9.17, 15) is 5.11 Å². The van der Waals surface area contributed by atoms with Gasteiger partial charge >= 0.3 is 0 Å². The van der Waals surface area contributed by atoms with E-state index in [4.69, 9.17) is 0 Å². The van der Waals surface area contributed by atoms with E-state index >= 15 is 0 Å². The molecule has 1 aromatic rings. The highest BCUT2D eigenvalue weighted by Crippen LogP contribution is 2.40. The van der Waals surface area contributed by atoms with Crippen LogP contribution in [-0.2, 0) is 12.0 Å². The van der Waals surface area contributed by atoms with Crippen LogP contribution < -0.4 is 4.72 Å². The summed E-state index contributed by atoms with van der Waals surface area (Å²) in [7, 11) is 0. The van der Waals surface area contributed by atoms with Crippen molar-refractivity contribution in [1.82, 2.24) is 4.72 Å². The van der Waals surface area contributed by atoms with Gasteiger partial charge in [0.05, 0.1) is 5.60 Å². The van der Waals surface area contributed by atoms with Gasteiger partial charge < -0.3 is 5.11 Å². The molecule has 0 saturated heterocycles. The highest BCUT2D eigenvalue weighted by molar-refractivity contribution is 7.97. The molecule has 0 amide bonds. The van der Waals surface area contributed by atoms with Gasteiger partial charge in [0.1, 0.15) is 0 Å². The number of nitrogens with one attached hydrogen (secondary N) is 1. The second-order valence-electron chi connectivity index (χ2n) is 6.89. The van der Waals surface area contributed by atoms with Gasteiger partial charge in [0, 0.05) is 11.8 Å². The molecule has 2 nitrogen and oxygen atoms in total. The van der Waals surface area contributed by atoms with Gasteiger partial charge in [-0.05, 0) is 49.1 Å². The maximum absolute atomic E-state index is 10.9. The molecule has 0 aromatic heterocycles. The van der Waals surface area contributed by atoms with Crippen molar-refractivity contribution in [3.8, 4) is 0 Å². The highest BCUT2D eigenvalue weighted by Gasteiger charge is 2.33. The van der Waals surface area contributed by atoms with E-state index in [0.29, 0.717) is 5.25 Å². The third-order valence-electron chi connectivity index (χ3n) is 4.84. The molecule has 0 heterocycles. The summed E-state index contributed by atoms with van der Waals surface area (Å²) >= 11 is 1.79. The van der Waals surface area contributed by atoms with Crippen molar-refractivity contribution in [3.05, 3.63) is 35.4 Å². The molecule has 0 unspecified atom stereocenters. The molecular formula is C21H37NOS. The number of hydrogen-bond donors (Lipinski definition) is 2. The van der Waals surface area contributed by atoms with Gasteiger partial charge in [0.15, 0.2) is 0 Å². The Balaban J connectivity index is 0.00000139. The first-order chi connectivity index (χ1) is 11.5. The Morgan fingerprint density at radius 1 is 1.17 bits per heavy atom. The van der Waals surface area contributed by atoms with Crippen LogP contribution in [0.2, 0.25) is 0 Å². The smallest absolute Gasteiger partial charge is 0.0896 e. The van der Waals surface area contributed by atoms with Crippen LogP contribution in [-0.4, -0.2) is 16.9 Å². The predicted molar refractivity (Wildman–Crippen MR) is 108 cm³/mol. The number of benzene rings is 1. The molecule has 1 aliphatic rings. The molecule has 1 fully saturated rings. The summed E-state index contributed by atoms with van der Waals surface area (Å²) in [6.07, 6.45) is 6.43. The first kappa shape index (κ1) is 21.5. The van der Waals surface area contributed by atoms with Gasteiger partial charge in [-0.3, -0.25) is 4.72 Å². The van der Waals surface area contributed by atoms with Gasteiger partial charge in [0.25, 0.3) is 0 Å². The molecule has 138 valence electrons. The van der Waals surface area contributed by atoms with Crippen LogP contribution in [0.3, 0.4) is 0 Å². The Labute approximate surface area is 154 Å². The molecule has 2 rings (SSSR count). The van der Waals surface area contributed by atoms with Crippen molar-refractivity contribution < 1.29 is 5.11 Å². The van der Waals surface area contributed by atoms with Crippen LogP contribution in [0.25, 0.3) is 0 Å². The Bertz CT molecular complexity index is 436. The van der Waals surface area contributed by atoms with E-state index in [0.717, 1.165) is 50.1 Å². The number of hydrogen-bond acceptors (Lipinski definition) is 3. The zero-order chi connectivity index (χ0) is 18.0. The van der Waals surface area contributed by atoms with Crippen molar-refractivity contribution in [1.29, 1.82) is 0 Å². The molecule has 1 saturated carbocycles. The van der Waals surface area contributed by atoms with Crippen LogP contribution in [0, 0.1) is 5.92 Å². The Morgan fingerprint density at radius 2 is 1.75 bits per heavy atom. The molecular weight excluding hydrogens is 314 g/mol. The lowest BCUT2D eigenvalue weighted by Crippen LogP contribution is -2.31. The molecule has 0 aliphatic heterocycles. The van der Waals surface area contributed by atoms with E-state index in [1.54, 1.807) is 11.9 Å². The van der Waals surface area contributed by atoms with Crippen molar-refractivity contribution >= 4 is 11.9 Å². The zero-order valence-corrected chi connectivity index (χ0v) is 17.1. The highest BCUT2D eigenvalue weighted by atomic mass is 32.2. The minimum atomic E-state index is -0.587. The van der Waals surface area contributed by atoms with Crippen LogP contribution in [0.4, 0.5) is 0 Å². The molecule has 3 heteroatoms. The standard InChI is InChI=1S/C19H31NOS.C2H6/c1-4-16-9-12-19(21,13-10-16)18-7-5-17(6-8-18)11-14-20-22-15(2)3;1-2/h5-8,15-16,20-21H,4,9-14H2,1-3H3;1-2H3. The fourth-order valence-electron chi connectivity index (χ4n) is 3.25. The van der Waals surface area contributed by atoms with Crippen molar-refractivity contribution in [3.63, 3.8) is 0 Å². The van der Waals surface area contributed by atoms with E-state index in [1.807, 2.05) is 13.8 Å². The Morgan fingerprint density at radius 3 is 2.25 bits per heavy atom. The summed E-state index contributed by atoms with van der Waals surface area (Å²) < 4.78 is 3.40. The van der Waals surface area contributed by atoms with Gasteiger partial charge in [-0.25, -0.2) is 0 Å². The number of aliphatic hydroxyl groups is 1. The molecule has 0 atom stereocenters. The zero-order valence-electron chi connectivity index (χ0n) is 16.3. The Kier molecular flexibility index (Phi) is 10.0. The molecule has 0 radical (unpaired) electrons. The first-order valence-electron chi connectivity index (χ1n) is 9.74. The lowest BCUT2D eigenvalue weighted by molar-refractivity contribution is -0.0145. The molecule has 24 heavy (non-hydrogen) atoms. The maximum Gasteiger partial charge on any atom is 0.0896 e. The third kappa shape index (κ3) is 6.78. The predicted octanol–water partition coefficient (Wildman–Crippen LogP) is 5.69. The van der Waals surface area contributed by atoms with Crippen LogP contribution in [0.1, 0.15) is 77.8 Å². The first-order valence-corrected chi connectivity index (χ1v) is 10.6. The van der Waals surface area contributed by atoms with Crippen LogP contribution in [0.5, 0.6) is 0 Å². The maximum atomic E-state index is 10.9. The van der Waals surface area contributed by atoms with E-state index in [2.05, 4.69) is 49.8 Å². The van der Waals surface area contributed by atoms with Gasteiger partial charge in [-0.15, -0.1) is 0 Å². The molecule has 1 aliphatic carbocycles.